The lowest BCUT2D eigenvalue weighted by atomic mass is 9.96. The Morgan fingerprint density at radius 2 is 1.76 bits per heavy atom. The van der Waals surface area contributed by atoms with Crippen molar-refractivity contribution in [3.05, 3.63) is 64.0 Å². The number of benzene rings is 2. The van der Waals surface area contributed by atoms with Crippen molar-refractivity contribution in [3.63, 3.8) is 0 Å². The molecule has 38 heavy (non-hydrogen) atoms. The van der Waals surface area contributed by atoms with Gasteiger partial charge in [0.1, 0.15) is 12.4 Å². The van der Waals surface area contributed by atoms with Crippen LogP contribution in [0.5, 0.6) is 5.75 Å². The number of carbonyl (C=O) groups excluding carboxylic acids is 1. The molecule has 0 spiro atoms. The molecule has 1 fully saturated rings. The van der Waals surface area contributed by atoms with Crippen LogP contribution in [0.1, 0.15) is 19.8 Å². The Bertz CT molecular complexity index is 1290. The molecular weight excluding hydrogens is 533 g/mol. The van der Waals surface area contributed by atoms with Gasteiger partial charge in [-0.2, -0.15) is 0 Å². The second-order valence-electron chi connectivity index (χ2n) is 9.19. The lowest BCUT2D eigenvalue weighted by molar-refractivity contribution is 0.138. The highest BCUT2D eigenvalue weighted by Crippen LogP contribution is 2.19. The van der Waals surface area contributed by atoms with Crippen molar-refractivity contribution in [3.8, 4) is 5.75 Å². The summed E-state index contributed by atoms with van der Waals surface area (Å²) in [7, 11) is 0. The third kappa shape index (κ3) is 7.21. The van der Waals surface area contributed by atoms with E-state index in [1.807, 2.05) is 25.1 Å². The minimum Gasteiger partial charge on any atom is -0.491 e. The van der Waals surface area contributed by atoms with E-state index in [-0.39, 0.29) is 30.6 Å². The zero-order valence-electron chi connectivity index (χ0n) is 21.1. The van der Waals surface area contributed by atoms with E-state index < -0.39 is 18.2 Å². The van der Waals surface area contributed by atoms with Gasteiger partial charge in [-0.3, -0.25) is 4.57 Å². The maximum absolute atomic E-state index is 12.9. The fourth-order valence-electron chi connectivity index (χ4n) is 4.75. The molecule has 1 saturated heterocycles. The van der Waals surface area contributed by atoms with E-state index in [0.29, 0.717) is 35.9 Å². The van der Waals surface area contributed by atoms with Crippen LogP contribution in [-0.4, -0.2) is 70.1 Å². The molecule has 1 aliphatic heterocycles. The summed E-state index contributed by atoms with van der Waals surface area (Å²) in [5.41, 5.74) is 0.997. The predicted molar refractivity (Wildman–Crippen MR) is 149 cm³/mol. The van der Waals surface area contributed by atoms with Crippen molar-refractivity contribution in [2.24, 2.45) is 5.92 Å². The number of hydrogen-bond donors (Lipinski definition) is 3. The Balaban J connectivity index is 0.00000400. The molecule has 2 aromatic carbocycles. The van der Waals surface area contributed by atoms with E-state index in [0.717, 1.165) is 31.4 Å². The summed E-state index contributed by atoms with van der Waals surface area (Å²) in [6.45, 7) is 5.10. The topological polar surface area (TPSA) is 118 Å². The number of hydrogen-bond acceptors (Lipinski definition) is 5. The van der Waals surface area contributed by atoms with Crippen LogP contribution in [0.2, 0.25) is 5.02 Å². The molecule has 0 aliphatic carbocycles. The Labute approximate surface area is 231 Å². The minimum absolute atomic E-state index is 0. The Morgan fingerprint density at radius 1 is 1.11 bits per heavy atom. The molecule has 12 heteroatoms. The number of para-hydroxylation sites is 2. The van der Waals surface area contributed by atoms with E-state index in [9.17, 15) is 19.5 Å². The van der Waals surface area contributed by atoms with Crippen LogP contribution < -0.4 is 21.1 Å². The fraction of sp³-hybridized carbons (Fsp3) is 0.423. The van der Waals surface area contributed by atoms with Gasteiger partial charge < -0.3 is 25.4 Å². The molecule has 2 heterocycles. The molecule has 1 aliphatic rings. The number of imidazole rings is 1. The average molecular weight is 566 g/mol. The number of aromatic nitrogens is 2. The van der Waals surface area contributed by atoms with Crippen molar-refractivity contribution < 1.29 is 19.4 Å². The number of likely N-dealkylation sites (tertiary alicyclic amines) is 1. The van der Waals surface area contributed by atoms with Crippen LogP contribution in [0.25, 0.3) is 11.0 Å². The zero-order chi connectivity index (χ0) is 26.4. The van der Waals surface area contributed by atoms with Crippen molar-refractivity contribution in [2.75, 3.05) is 32.8 Å². The lowest BCUT2D eigenvalue weighted by Crippen LogP contribution is -2.49. The van der Waals surface area contributed by atoms with E-state index in [1.165, 1.54) is 4.57 Å². The molecule has 4 rings (SSSR count). The van der Waals surface area contributed by atoms with Crippen LogP contribution in [0, 0.1) is 5.92 Å². The molecule has 0 saturated carbocycles. The van der Waals surface area contributed by atoms with Crippen LogP contribution in [-0.2, 0) is 6.54 Å². The third-order valence-electron chi connectivity index (χ3n) is 6.68. The SMILES string of the molecule is CCn1c(=O)n(C(=O)NCC2CCN(CC(COc3ccc(Cl)cc3)NC(=O)O)CC2)c2ccccc21.Cl. The Kier molecular flexibility index (Phi) is 10.5. The molecule has 1 aromatic heterocycles. The first-order valence-corrected chi connectivity index (χ1v) is 12.8. The Hall–Kier alpha value is -3.21. The number of carbonyl (C=O) groups is 2. The van der Waals surface area contributed by atoms with Gasteiger partial charge in [-0.05, 0) is 75.2 Å². The first kappa shape index (κ1) is 29.3. The standard InChI is InChI=1S/C26H32ClN5O5.ClH/c1-2-31-22-5-3-4-6-23(22)32(26(31)36)24(33)28-15-18-11-13-30(14-12-18)16-20(29-25(34)35)17-37-21-9-7-19(27)8-10-21;/h3-10,18,20,29H,2,11-17H2,1H3,(H,28,33)(H,34,35);1H. The molecule has 2 amide bonds. The Morgan fingerprint density at radius 3 is 2.39 bits per heavy atom. The highest BCUT2D eigenvalue weighted by molar-refractivity contribution is 6.30. The number of nitrogens with one attached hydrogen (secondary N) is 2. The van der Waals surface area contributed by atoms with E-state index in [4.69, 9.17) is 16.3 Å². The van der Waals surface area contributed by atoms with E-state index in [1.54, 1.807) is 34.9 Å². The number of fused-ring (bicyclic) bond motifs is 1. The second kappa shape index (κ2) is 13.5. The summed E-state index contributed by atoms with van der Waals surface area (Å²) in [6, 6.07) is 13.4. The van der Waals surface area contributed by atoms with Gasteiger partial charge in [0.2, 0.25) is 0 Å². The van der Waals surface area contributed by atoms with Crippen molar-refractivity contribution in [1.29, 1.82) is 0 Å². The predicted octanol–water partition coefficient (Wildman–Crippen LogP) is 3.88. The van der Waals surface area contributed by atoms with Gasteiger partial charge in [0.25, 0.3) is 0 Å². The van der Waals surface area contributed by atoms with Gasteiger partial charge in [0.15, 0.2) is 0 Å². The van der Waals surface area contributed by atoms with Gasteiger partial charge in [-0.15, -0.1) is 12.4 Å². The summed E-state index contributed by atoms with van der Waals surface area (Å²) in [6.07, 6.45) is 0.606. The number of rotatable bonds is 9. The molecule has 1 unspecified atom stereocenters. The molecule has 3 aromatic rings. The van der Waals surface area contributed by atoms with Crippen LogP contribution in [0.4, 0.5) is 9.59 Å². The van der Waals surface area contributed by atoms with E-state index in [2.05, 4.69) is 15.5 Å². The summed E-state index contributed by atoms with van der Waals surface area (Å²) in [5, 5.41) is 15.3. The maximum atomic E-state index is 12.9. The number of amides is 2. The zero-order valence-corrected chi connectivity index (χ0v) is 22.7. The number of aryl methyl sites for hydroxylation is 1. The number of halogens is 2. The average Bonchev–Trinajstić information content (AvgIpc) is 3.18. The molecule has 3 N–H and O–H groups in total. The molecule has 0 bridgehead atoms. The number of nitrogens with zero attached hydrogens (tertiary/aromatic N) is 3. The summed E-state index contributed by atoms with van der Waals surface area (Å²) >= 11 is 5.90. The van der Waals surface area contributed by atoms with Gasteiger partial charge in [0, 0.05) is 24.7 Å². The summed E-state index contributed by atoms with van der Waals surface area (Å²) < 4.78 is 8.55. The first-order valence-electron chi connectivity index (χ1n) is 12.4. The minimum atomic E-state index is -1.10. The van der Waals surface area contributed by atoms with Crippen molar-refractivity contribution in [1.82, 2.24) is 24.7 Å². The number of ether oxygens (including phenoxy) is 1. The smallest absolute Gasteiger partial charge is 0.405 e. The van der Waals surface area contributed by atoms with Crippen molar-refractivity contribution in [2.45, 2.75) is 32.4 Å². The quantitative estimate of drug-likeness (QED) is 0.362. The molecule has 10 nitrogen and oxygen atoms in total. The molecule has 206 valence electrons. The number of carboxylic acid groups (broad SMARTS) is 1. The largest absolute Gasteiger partial charge is 0.491 e. The second-order valence-corrected chi connectivity index (χ2v) is 9.63. The molecule has 0 radical (unpaired) electrons. The van der Waals surface area contributed by atoms with Gasteiger partial charge in [0.05, 0.1) is 17.1 Å². The van der Waals surface area contributed by atoms with Crippen molar-refractivity contribution >= 4 is 47.2 Å². The lowest BCUT2D eigenvalue weighted by Gasteiger charge is -2.34. The molecule has 1 atom stereocenters. The maximum Gasteiger partial charge on any atom is 0.405 e. The molecular formula is C26H33Cl2N5O5. The fourth-order valence-corrected chi connectivity index (χ4v) is 4.87. The van der Waals surface area contributed by atoms with Crippen LogP contribution in [0.15, 0.2) is 53.3 Å². The van der Waals surface area contributed by atoms with Gasteiger partial charge in [-0.25, -0.2) is 19.0 Å². The van der Waals surface area contributed by atoms with E-state index >= 15 is 0 Å². The van der Waals surface area contributed by atoms with Gasteiger partial charge in [-0.1, -0.05) is 23.7 Å². The van der Waals surface area contributed by atoms with Crippen LogP contribution in [0.3, 0.4) is 0 Å². The summed E-state index contributed by atoms with van der Waals surface area (Å²) in [5.74, 6) is 0.892. The highest BCUT2D eigenvalue weighted by atomic mass is 35.5. The van der Waals surface area contributed by atoms with Crippen LogP contribution >= 0.6 is 24.0 Å². The highest BCUT2D eigenvalue weighted by Gasteiger charge is 2.24. The number of piperidine rings is 1. The van der Waals surface area contributed by atoms with Gasteiger partial charge >= 0.3 is 17.8 Å². The third-order valence-corrected chi connectivity index (χ3v) is 6.93. The summed E-state index contributed by atoms with van der Waals surface area (Å²) in [4.78, 5) is 39.2. The monoisotopic (exact) mass is 565 g/mol. The first-order chi connectivity index (χ1) is 17.9. The normalized spacial score (nSPS) is 15.0.